The molecule has 0 saturated heterocycles. The molecule has 0 aliphatic heterocycles. The molecule has 6 amide bonds. The summed E-state index contributed by atoms with van der Waals surface area (Å²) in [6, 6.07) is 6.81. The first-order valence-corrected chi connectivity index (χ1v) is 22.4. The minimum atomic E-state index is -4.30. The number of ketones is 1. The van der Waals surface area contributed by atoms with Crippen molar-refractivity contribution in [1.82, 2.24) is 41.3 Å². The van der Waals surface area contributed by atoms with E-state index in [1.54, 1.807) is 44.2 Å². The fourth-order valence-corrected chi connectivity index (χ4v) is 8.19. The zero-order valence-electron chi connectivity index (χ0n) is 35.4. The number of nitrogens with zero attached hydrogens (tertiary/aromatic N) is 2. The monoisotopic (exact) mass is 862 g/mol. The Morgan fingerprint density at radius 3 is 2.07 bits per heavy atom. The summed E-state index contributed by atoms with van der Waals surface area (Å²) in [7, 11) is -4.30. The maximum atomic E-state index is 14.1. The fourth-order valence-electron chi connectivity index (χ4n) is 7.17. The number of rotatable bonds is 21. The highest BCUT2D eigenvalue weighted by Crippen LogP contribution is 2.28. The van der Waals surface area contributed by atoms with Gasteiger partial charge in [-0.05, 0) is 59.9 Å². The van der Waals surface area contributed by atoms with Gasteiger partial charge < -0.3 is 26.6 Å². The summed E-state index contributed by atoms with van der Waals surface area (Å²) >= 11 is 0. The number of hydrogen-bond donors (Lipinski definition) is 6. The lowest BCUT2D eigenvalue weighted by atomic mass is 9.84. The summed E-state index contributed by atoms with van der Waals surface area (Å²) < 4.78 is 27.7. The van der Waals surface area contributed by atoms with Gasteiger partial charge in [-0.15, -0.1) is 0 Å². The summed E-state index contributed by atoms with van der Waals surface area (Å²) in [5.41, 5.74) is 0.0203. The number of carbonyl (C=O) groups excluding carboxylic acids is 7. The van der Waals surface area contributed by atoms with Crippen molar-refractivity contribution in [1.29, 1.82) is 0 Å². The van der Waals surface area contributed by atoms with Gasteiger partial charge in [0, 0.05) is 12.4 Å². The number of hydrogen-bond acceptors (Lipinski definition) is 11. The molecule has 1 saturated carbocycles. The van der Waals surface area contributed by atoms with Gasteiger partial charge in [0.05, 0.1) is 23.7 Å². The molecule has 1 fully saturated rings. The van der Waals surface area contributed by atoms with Gasteiger partial charge in [0.25, 0.3) is 27.7 Å². The van der Waals surface area contributed by atoms with E-state index in [4.69, 9.17) is 0 Å². The zero-order chi connectivity index (χ0) is 44.7. The van der Waals surface area contributed by atoms with Gasteiger partial charge in [-0.25, -0.2) is 18.1 Å². The van der Waals surface area contributed by atoms with Crippen molar-refractivity contribution in [2.45, 2.75) is 121 Å². The number of carbonyl (C=O) groups is 7. The van der Waals surface area contributed by atoms with Crippen LogP contribution in [0.15, 0.2) is 66.0 Å². The highest BCUT2D eigenvalue weighted by atomic mass is 32.2. The second kappa shape index (κ2) is 22.7. The molecule has 0 radical (unpaired) electrons. The van der Waals surface area contributed by atoms with Crippen LogP contribution >= 0.6 is 0 Å². The van der Waals surface area contributed by atoms with E-state index < -0.39 is 87.9 Å². The molecule has 61 heavy (non-hydrogen) atoms. The molecule has 0 bridgehead atoms. The lowest BCUT2D eigenvalue weighted by Gasteiger charge is -2.31. The molecule has 1 aromatic heterocycles. The Hall–Kier alpha value is -5.78. The largest absolute Gasteiger partial charge is 0.344 e. The molecule has 18 heteroatoms. The SMILES string of the molecule is CC[C@H](NC(=O)[C@H](CC1CCCCC1)NC(=O)[C@@H](NC(=O)[C@H](CC(C)C)NC(=O)c1cnccn1)[C@@H](C)CC)C(=O)C(=O)NCC(=O)NS(=O)(=O)c1ccc2ccccc2c1. The van der Waals surface area contributed by atoms with Crippen LogP contribution in [0.3, 0.4) is 0 Å². The second-order valence-corrected chi connectivity index (χ2v) is 17.7. The van der Waals surface area contributed by atoms with E-state index in [-0.39, 0.29) is 41.7 Å². The smallest absolute Gasteiger partial charge is 0.290 e. The Labute approximate surface area is 356 Å². The third-order valence-corrected chi connectivity index (χ3v) is 12.2. The molecule has 5 atom stereocenters. The van der Waals surface area contributed by atoms with Gasteiger partial charge in [0.2, 0.25) is 23.5 Å². The second-order valence-electron chi connectivity index (χ2n) is 16.0. The number of Topliss-reactive ketones (excluding diaryl/α,β-unsaturated/α-hetero) is 1. The maximum absolute atomic E-state index is 14.1. The number of aromatic nitrogens is 2. The Morgan fingerprint density at radius 2 is 1.43 bits per heavy atom. The van der Waals surface area contributed by atoms with Gasteiger partial charge in [-0.1, -0.05) is 103 Å². The van der Waals surface area contributed by atoms with Gasteiger partial charge in [-0.2, -0.15) is 0 Å². The molecule has 0 spiro atoms. The summed E-state index contributed by atoms with van der Waals surface area (Å²) in [5.74, 6) is -6.27. The molecule has 17 nitrogen and oxygen atoms in total. The van der Waals surface area contributed by atoms with Crippen LogP contribution in [-0.2, 0) is 38.8 Å². The van der Waals surface area contributed by atoms with E-state index in [1.165, 1.54) is 30.7 Å². The van der Waals surface area contributed by atoms with E-state index in [0.717, 1.165) is 37.5 Å². The predicted molar refractivity (Wildman–Crippen MR) is 227 cm³/mol. The van der Waals surface area contributed by atoms with Crippen LogP contribution < -0.4 is 31.3 Å². The van der Waals surface area contributed by atoms with Crippen molar-refractivity contribution in [3.05, 3.63) is 66.7 Å². The number of fused-ring (bicyclic) bond motifs is 1. The fraction of sp³-hybridized carbons (Fsp3) is 0.512. The first-order valence-electron chi connectivity index (χ1n) is 20.9. The molecular weight excluding hydrogens is 805 g/mol. The van der Waals surface area contributed by atoms with Crippen LogP contribution in [0.25, 0.3) is 10.8 Å². The molecule has 330 valence electrons. The topological polar surface area (TPSA) is 252 Å². The van der Waals surface area contributed by atoms with E-state index in [9.17, 15) is 42.0 Å². The first-order chi connectivity index (χ1) is 29.0. The van der Waals surface area contributed by atoms with Crippen LogP contribution in [0, 0.1) is 17.8 Å². The third-order valence-electron chi connectivity index (χ3n) is 10.8. The van der Waals surface area contributed by atoms with E-state index in [2.05, 4.69) is 36.6 Å². The number of nitrogens with one attached hydrogen (secondary N) is 6. The Balaban J connectivity index is 1.43. The molecule has 3 aromatic rings. The Kier molecular flexibility index (Phi) is 17.8. The normalized spacial score (nSPS) is 15.6. The molecule has 1 heterocycles. The molecule has 2 aromatic carbocycles. The highest BCUT2D eigenvalue weighted by molar-refractivity contribution is 7.90. The molecule has 1 aliphatic rings. The average molecular weight is 863 g/mol. The van der Waals surface area contributed by atoms with Crippen molar-refractivity contribution < 1.29 is 42.0 Å². The van der Waals surface area contributed by atoms with E-state index in [0.29, 0.717) is 11.8 Å². The standard InChI is InChI=1S/C43H58N8O9S/c1-6-27(5)37(50-40(55)33(21-26(3)4)48-41(56)35-24-44-19-20-45-35)42(57)49-34(22-28-13-9-8-10-14-28)39(54)47-32(7-2)38(53)43(58)46-25-36(52)51-61(59,60)31-18-17-29-15-11-12-16-30(29)23-31/h11-12,15-20,23-24,26-28,32-34,37H,6-10,13-14,21-22,25H2,1-5H3,(H,46,58)(H,47,54)(H,48,56)(H,49,57)(H,50,55)(H,51,52)/t27-,32-,33-,34-,37-/m0/s1. The van der Waals surface area contributed by atoms with Gasteiger partial charge >= 0.3 is 0 Å². The minimum absolute atomic E-state index is 0.0111. The van der Waals surface area contributed by atoms with Crippen LogP contribution in [-0.4, -0.2) is 90.3 Å². The quantitative estimate of drug-likeness (QED) is 0.0850. The van der Waals surface area contributed by atoms with Crippen LogP contribution in [0.1, 0.15) is 103 Å². The minimum Gasteiger partial charge on any atom is -0.344 e. The number of benzene rings is 2. The molecule has 0 unspecified atom stereocenters. The number of amides is 6. The lowest BCUT2D eigenvalue weighted by molar-refractivity contribution is -0.141. The molecule has 1 aliphatic carbocycles. The summed E-state index contributed by atoms with van der Waals surface area (Å²) in [5, 5.41) is 14.5. The predicted octanol–water partition coefficient (Wildman–Crippen LogP) is 2.85. The van der Waals surface area contributed by atoms with Crippen molar-refractivity contribution in [3.8, 4) is 0 Å². The third kappa shape index (κ3) is 14.2. The van der Waals surface area contributed by atoms with Crippen LogP contribution in [0.4, 0.5) is 0 Å². The highest BCUT2D eigenvalue weighted by Gasteiger charge is 2.35. The van der Waals surface area contributed by atoms with Crippen molar-refractivity contribution in [3.63, 3.8) is 0 Å². The lowest BCUT2D eigenvalue weighted by Crippen LogP contribution is -2.60. The van der Waals surface area contributed by atoms with Crippen molar-refractivity contribution >= 4 is 62.0 Å². The number of sulfonamides is 1. The summed E-state index contributed by atoms with van der Waals surface area (Å²) in [4.78, 5) is 101. The van der Waals surface area contributed by atoms with Gasteiger partial charge in [0.15, 0.2) is 0 Å². The van der Waals surface area contributed by atoms with Gasteiger partial charge in [-0.3, -0.25) is 38.5 Å². The summed E-state index contributed by atoms with van der Waals surface area (Å²) in [6.07, 6.45) is 9.60. The van der Waals surface area contributed by atoms with E-state index in [1.807, 2.05) is 25.5 Å². The van der Waals surface area contributed by atoms with E-state index >= 15 is 0 Å². The van der Waals surface area contributed by atoms with Crippen LogP contribution in [0.5, 0.6) is 0 Å². The van der Waals surface area contributed by atoms with Crippen LogP contribution in [0.2, 0.25) is 0 Å². The molecule has 6 N–H and O–H groups in total. The molecule has 4 rings (SSSR count). The van der Waals surface area contributed by atoms with Crippen molar-refractivity contribution in [2.75, 3.05) is 6.54 Å². The van der Waals surface area contributed by atoms with Crippen molar-refractivity contribution in [2.24, 2.45) is 17.8 Å². The maximum Gasteiger partial charge on any atom is 0.290 e. The average Bonchev–Trinajstić information content (AvgIpc) is 3.25. The Morgan fingerprint density at radius 1 is 0.754 bits per heavy atom. The summed E-state index contributed by atoms with van der Waals surface area (Å²) in [6.45, 7) is 8.13. The zero-order valence-corrected chi connectivity index (χ0v) is 36.2. The molecular formula is C43H58N8O9S. The first kappa shape index (κ1) is 47.9. The van der Waals surface area contributed by atoms with Gasteiger partial charge in [0.1, 0.15) is 23.8 Å². The Bertz CT molecular complexity index is 2150.